The van der Waals surface area contributed by atoms with Gasteiger partial charge in [-0.3, -0.25) is 19.2 Å². The Bertz CT molecular complexity index is 580. The third kappa shape index (κ3) is 46.1. The second-order valence-corrected chi connectivity index (χ2v) is 10.7. The van der Waals surface area contributed by atoms with E-state index in [1.807, 2.05) is 27.7 Å². The third-order valence-corrected chi connectivity index (χ3v) is 5.63. The fourth-order valence-electron chi connectivity index (χ4n) is 3.40. The highest BCUT2D eigenvalue weighted by molar-refractivity contribution is 5.80. The van der Waals surface area contributed by atoms with E-state index in [-0.39, 0.29) is 24.0 Å². The smallest absolute Gasteiger partial charge is 0.322 e. The van der Waals surface area contributed by atoms with Crippen molar-refractivity contribution in [3.05, 3.63) is 0 Å². The van der Waals surface area contributed by atoms with E-state index in [9.17, 15) is 19.2 Å². The van der Waals surface area contributed by atoms with Crippen molar-refractivity contribution in [3.8, 4) is 0 Å². The van der Waals surface area contributed by atoms with Crippen LogP contribution in [0.3, 0.4) is 0 Å². The summed E-state index contributed by atoms with van der Waals surface area (Å²) in [6.07, 6.45) is 20.6. The molecule has 0 aromatic rings. The highest BCUT2D eigenvalue weighted by Crippen LogP contribution is 2.13. The number of carboxylic acids is 1. The number of nitrogens with two attached hydrogens (primary N) is 1. The molecule has 0 spiro atoms. The van der Waals surface area contributed by atoms with Crippen LogP contribution in [-0.2, 0) is 23.9 Å². The predicted molar refractivity (Wildman–Crippen MR) is 159 cm³/mol. The van der Waals surface area contributed by atoms with E-state index in [1.54, 1.807) is 0 Å². The number of ether oxygens (including phenoxy) is 1. The van der Waals surface area contributed by atoms with Crippen molar-refractivity contribution >= 4 is 24.3 Å². The minimum Gasteiger partial charge on any atom is -0.480 e. The molecule has 0 aromatic carbocycles. The summed E-state index contributed by atoms with van der Waals surface area (Å²) in [5.41, 5.74) is 4.80. The van der Waals surface area contributed by atoms with Crippen LogP contribution in [0.2, 0.25) is 0 Å². The van der Waals surface area contributed by atoms with E-state index in [2.05, 4.69) is 22.3 Å². The van der Waals surface area contributed by atoms with E-state index >= 15 is 0 Å². The van der Waals surface area contributed by atoms with Gasteiger partial charge in [-0.15, -0.1) is 0 Å². The maximum absolute atomic E-state index is 11.3. The van der Waals surface area contributed by atoms with Crippen LogP contribution < -0.4 is 16.4 Å². The van der Waals surface area contributed by atoms with Crippen LogP contribution in [0.25, 0.3) is 0 Å². The molecule has 232 valence electrons. The number of amides is 2. The molecule has 0 aromatic heterocycles. The van der Waals surface area contributed by atoms with Gasteiger partial charge in [-0.1, -0.05) is 104 Å². The molecule has 0 aliphatic heterocycles. The monoisotopic (exact) mass is 559 g/mol. The lowest BCUT2D eigenvalue weighted by molar-refractivity contribution is -0.139. The molecule has 0 aliphatic rings. The Morgan fingerprint density at radius 1 is 0.744 bits per heavy atom. The summed E-state index contributed by atoms with van der Waals surface area (Å²) in [5, 5.41) is 13.5. The quantitative estimate of drug-likeness (QED) is 0.0956. The van der Waals surface area contributed by atoms with Gasteiger partial charge in [-0.25, -0.2) is 0 Å². The van der Waals surface area contributed by atoms with Gasteiger partial charge in [0.2, 0.25) is 11.8 Å². The summed E-state index contributed by atoms with van der Waals surface area (Å²) in [7, 11) is 0. The van der Waals surface area contributed by atoms with Crippen molar-refractivity contribution < 1.29 is 29.0 Å². The molecule has 0 saturated carbocycles. The van der Waals surface area contributed by atoms with E-state index in [0.29, 0.717) is 32.4 Å². The standard InChI is InChI=1S/C20H39NO3.C5H12N2O.C5H10O2/c1-2-3-4-5-6-7-8-9-10-11-12-13-14-15-16-17-19(22)21-18-20(23)24;1-2-5(8)7-4-3-6;1-5(2,3)7-4-6/h2-18H2,1H3,(H,21,22)(H,23,24);2-4,6H2,1H3,(H,7,8);4H,1-3H3. The SMILES string of the molecule is CC(C)(C)OC=O.CCC(=O)NCCN.CCCCCCCCCCCCCCCCCC(=O)NCC(=O)O. The number of rotatable bonds is 22. The molecule has 0 unspecified atom stereocenters. The molecular weight excluding hydrogens is 498 g/mol. The zero-order valence-corrected chi connectivity index (χ0v) is 25.8. The van der Waals surface area contributed by atoms with Gasteiger partial charge in [0.05, 0.1) is 0 Å². The predicted octanol–water partition coefficient (Wildman–Crippen LogP) is 5.88. The first-order chi connectivity index (χ1) is 18.5. The Morgan fingerprint density at radius 2 is 1.18 bits per heavy atom. The van der Waals surface area contributed by atoms with Crippen molar-refractivity contribution in [1.29, 1.82) is 0 Å². The number of unbranched alkanes of at least 4 members (excludes halogenated alkanes) is 14. The topological polar surface area (TPSA) is 148 Å². The number of hydrogen-bond donors (Lipinski definition) is 4. The van der Waals surface area contributed by atoms with Crippen LogP contribution in [-0.4, -0.2) is 54.6 Å². The first-order valence-electron chi connectivity index (χ1n) is 15.1. The molecule has 5 N–H and O–H groups in total. The Hall–Kier alpha value is -2.16. The fourth-order valence-corrected chi connectivity index (χ4v) is 3.40. The highest BCUT2D eigenvalue weighted by Gasteiger charge is 2.07. The van der Waals surface area contributed by atoms with Gasteiger partial charge in [-0.2, -0.15) is 0 Å². The molecule has 2 amide bonds. The number of nitrogens with one attached hydrogen (secondary N) is 2. The van der Waals surface area contributed by atoms with Gasteiger partial charge < -0.3 is 26.2 Å². The van der Waals surface area contributed by atoms with E-state index < -0.39 is 5.97 Å². The molecule has 0 fully saturated rings. The van der Waals surface area contributed by atoms with Crippen LogP contribution in [0.5, 0.6) is 0 Å². The van der Waals surface area contributed by atoms with Crippen molar-refractivity contribution in [2.45, 2.75) is 149 Å². The fraction of sp³-hybridized carbons (Fsp3) is 0.867. The maximum Gasteiger partial charge on any atom is 0.322 e. The molecule has 9 heteroatoms. The molecule has 0 heterocycles. The third-order valence-electron chi connectivity index (χ3n) is 5.63. The molecule has 0 aliphatic carbocycles. The molecule has 39 heavy (non-hydrogen) atoms. The first kappa shape index (κ1) is 41.3. The zero-order valence-electron chi connectivity index (χ0n) is 25.8. The van der Waals surface area contributed by atoms with Crippen molar-refractivity contribution in [2.75, 3.05) is 19.6 Å². The number of carboxylic acid groups (broad SMARTS) is 1. The molecule has 0 atom stereocenters. The normalized spacial score (nSPS) is 10.3. The van der Waals surface area contributed by atoms with Gasteiger partial charge in [0.25, 0.3) is 6.47 Å². The number of hydrogen-bond acceptors (Lipinski definition) is 6. The minimum absolute atomic E-state index is 0.0652. The second kappa shape index (κ2) is 32.1. The highest BCUT2D eigenvalue weighted by atomic mass is 16.5. The average molecular weight is 560 g/mol. The number of carbonyl (C=O) groups excluding carboxylic acids is 3. The maximum atomic E-state index is 11.3. The van der Waals surface area contributed by atoms with Crippen LogP contribution in [0.4, 0.5) is 0 Å². The van der Waals surface area contributed by atoms with Gasteiger partial charge in [0, 0.05) is 25.9 Å². The summed E-state index contributed by atoms with van der Waals surface area (Å²) in [6.45, 7) is 10.8. The van der Waals surface area contributed by atoms with Crippen LogP contribution in [0.1, 0.15) is 144 Å². The molecule has 0 bridgehead atoms. The van der Waals surface area contributed by atoms with Gasteiger partial charge >= 0.3 is 5.97 Å². The minimum atomic E-state index is -0.986. The van der Waals surface area contributed by atoms with Crippen LogP contribution in [0.15, 0.2) is 0 Å². The second-order valence-electron chi connectivity index (χ2n) is 10.7. The number of carbonyl (C=O) groups is 4. The Morgan fingerprint density at radius 3 is 1.49 bits per heavy atom. The lowest BCUT2D eigenvalue weighted by Gasteiger charge is -2.14. The Kier molecular flexibility index (Phi) is 34.0. The summed E-state index contributed by atoms with van der Waals surface area (Å²) in [6, 6.07) is 0. The molecule has 9 nitrogen and oxygen atoms in total. The zero-order chi connectivity index (χ0) is 30.2. The molecule has 0 radical (unpaired) electrons. The van der Waals surface area contributed by atoms with E-state index in [0.717, 1.165) is 12.8 Å². The van der Waals surface area contributed by atoms with E-state index in [4.69, 9.17) is 10.8 Å². The van der Waals surface area contributed by atoms with Crippen molar-refractivity contribution in [3.63, 3.8) is 0 Å². The summed E-state index contributed by atoms with van der Waals surface area (Å²) < 4.78 is 4.55. The largest absolute Gasteiger partial charge is 0.480 e. The summed E-state index contributed by atoms with van der Waals surface area (Å²) in [4.78, 5) is 41.6. The molecule has 0 saturated heterocycles. The first-order valence-corrected chi connectivity index (χ1v) is 15.1. The van der Waals surface area contributed by atoms with Gasteiger partial charge in [0.1, 0.15) is 12.1 Å². The van der Waals surface area contributed by atoms with Crippen molar-refractivity contribution in [1.82, 2.24) is 10.6 Å². The summed E-state index contributed by atoms with van der Waals surface area (Å²) >= 11 is 0. The Balaban J connectivity index is -0.000000701. The number of aliphatic carboxylic acids is 1. The van der Waals surface area contributed by atoms with Gasteiger partial charge in [-0.05, 0) is 27.2 Å². The lowest BCUT2D eigenvalue weighted by Crippen LogP contribution is -2.28. The van der Waals surface area contributed by atoms with Gasteiger partial charge in [0.15, 0.2) is 0 Å². The molecule has 0 rings (SSSR count). The van der Waals surface area contributed by atoms with E-state index in [1.165, 1.54) is 83.5 Å². The lowest BCUT2D eigenvalue weighted by atomic mass is 10.0. The van der Waals surface area contributed by atoms with Crippen molar-refractivity contribution in [2.24, 2.45) is 5.73 Å². The summed E-state index contributed by atoms with van der Waals surface area (Å²) in [5.74, 6) is -1.07. The van der Waals surface area contributed by atoms with Crippen LogP contribution in [0, 0.1) is 0 Å². The van der Waals surface area contributed by atoms with Crippen LogP contribution >= 0.6 is 0 Å². The Labute approximate surface area is 238 Å². The molecular formula is C30H61N3O6. The average Bonchev–Trinajstić information content (AvgIpc) is 2.88.